The molecule has 0 radical (unpaired) electrons. The van der Waals surface area contributed by atoms with Crippen LogP contribution in [0.3, 0.4) is 0 Å². The standard InChI is InChI=1S/C22H28N6O3S/c1-4-32-22-25-19(27-8-5-6-9-27)18-14-24-28(20(18)26-22)10-7-23-21(29)15-11-16(30-2)13-17(12-15)31-3/h11-14H,4-10H2,1-3H3,(H,23,29). The smallest absolute Gasteiger partial charge is 0.251 e. The van der Waals surface area contributed by atoms with Gasteiger partial charge in [0.05, 0.1) is 32.3 Å². The summed E-state index contributed by atoms with van der Waals surface area (Å²) in [6, 6.07) is 5.10. The minimum atomic E-state index is -0.201. The molecule has 10 heteroatoms. The lowest BCUT2D eigenvalue weighted by Gasteiger charge is -2.17. The van der Waals surface area contributed by atoms with E-state index in [4.69, 9.17) is 19.4 Å². The van der Waals surface area contributed by atoms with Crippen molar-refractivity contribution in [3.8, 4) is 11.5 Å². The van der Waals surface area contributed by atoms with E-state index >= 15 is 0 Å². The van der Waals surface area contributed by atoms with Crippen molar-refractivity contribution in [3.05, 3.63) is 30.0 Å². The van der Waals surface area contributed by atoms with Gasteiger partial charge in [0.25, 0.3) is 5.91 Å². The summed E-state index contributed by atoms with van der Waals surface area (Å²) in [5, 5.41) is 9.20. The Morgan fingerprint density at radius 3 is 2.50 bits per heavy atom. The van der Waals surface area contributed by atoms with Gasteiger partial charge in [0.15, 0.2) is 10.8 Å². The van der Waals surface area contributed by atoms with Crippen molar-refractivity contribution >= 4 is 34.5 Å². The normalized spacial score (nSPS) is 13.5. The zero-order valence-corrected chi connectivity index (χ0v) is 19.4. The Labute approximate surface area is 191 Å². The average Bonchev–Trinajstić information content (AvgIpc) is 3.49. The van der Waals surface area contributed by atoms with Crippen molar-refractivity contribution in [3.63, 3.8) is 0 Å². The topological polar surface area (TPSA) is 94.4 Å². The number of methoxy groups -OCH3 is 2. The average molecular weight is 457 g/mol. The van der Waals surface area contributed by atoms with Gasteiger partial charge in [-0.2, -0.15) is 5.10 Å². The van der Waals surface area contributed by atoms with Gasteiger partial charge in [-0.05, 0) is 30.7 Å². The number of carbonyl (C=O) groups excluding carboxylic acids is 1. The fourth-order valence-electron chi connectivity index (χ4n) is 3.76. The summed E-state index contributed by atoms with van der Waals surface area (Å²) in [5.41, 5.74) is 1.28. The highest BCUT2D eigenvalue weighted by Gasteiger charge is 2.21. The number of anilines is 1. The van der Waals surface area contributed by atoms with Crippen LogP contribution in [0.5, 0.6) is 11.5 Å². The maximum Gasteiger partial charge on any atom is 0.251 e. The second kappa shape index (κ2) is 10.1. The van der Waals surface area contributed by atoms with E-state index in [1.54, 1.807) is 44.2 Å². The van der Waals surface area contributed by atoms with Gasteiger partial charge in [-0.3, -0.25) is 4.79 Å². The van der Waals surface area contributed by atoms with Gasteiger partial charge in [0.2, 0.25) is 0 Å². The molecule has 2 aromatic heterocycles. The Morgan fingerprint density at radius 1 is 1.12 bits per heavy atom. The highest BCUT2D eigenvalue weighted by Crippen LogP contribution is 2.29. The number of ether oxygens (including phenoxy) is 2. The van der Waals surface area contributed by atoms with Gasteiger partial charge >= 0.3 is 0 Å². The van der Waals surface area contributed by atoms with Crippen LogP contribution in [0.1, 0.15) is 30.1 Å². The molecule has 1 saturated heterocycles. The third-order valence-electron chi connectivity index (χ3n) is 5.36. The van der Waals surface area contributed by atoms with E-state index in [2.05, 4.69) is 22.2 Å². The fraction of sp³-hybridized carbons (Fsp3) is 0.455. The number of thioether (sulfide) groups is 1. The van der Waals surface area contributed by atoms with Gasteiger partial charge in [-0.1, -0.05) is 18.7 Å². The van der Waals surface area contributed by atoms with E-state index < -0.39 is 0 Å². The van der Waals surface area contributed by atoms with Crippen LogP contribution in [-0.2, 0) is 6.54 Å². The molecule has 1 fully saturated rings. The molecular weight excluding hydrogens is 428 g/mol. The molecule has 9 nitrogen and oxygen atoms in total. The molecule has 4 rings (SSSR count). The molecule has 0 aliphatic carbocycles. The molecule has 32 heavy (non-hydrogen) atoms. The van der Waals surface area contributed by atoms with E-state index in [1.165, 1.54) is 12.8 Å². The number of benzene rings is 1. The van der Waals surface area contributed by atoms with E-state index in [0.29, 0.717) is 30.2 Å². The summed E-state index contributed by atoms with van der Waals surface area (Å²) in [7, 11) is 3.12. The van der Waals surface area contributed by atoms with Crippen LogP contribution in [0.4, 0.5) is 5.82 Å². The molecule has 1 N–H and O–H groups in total. The summed E-state index contributed by atoms with van der Waals surface area (Å²) in [6.45, 7) is 5.02. The molecule has 0 bridgehead atoms. The molecule has 3 aromatic rings. The molecule has 0 saturated carbocycles. The Bertz CT molecular complexity index is 1070. The summed E-state index contributed by atoms with van der Waals surface area (Å²) in [4.78, 5) is 24.5. The van der Waals surface area contributed by atoms with Crippen molar-refractivity contribution in [2.45, 2.75) is 31.5 Å². The summed E-state index contributed by atoms with van der Waals surface area (Å²) >= 11 is 1.62. The van der Waals surface area contributed by atoms with Crippen molar-refractivity contribution in [1.29, 1.82) is 0 Å². The third-order valence-corrected chi connectivity index (χ3v) is 6.09. The minimum Gasteiger partial charge on any atom is -0.497 e. The van der Waals surface area contributed by atoms with Crippen LogP contribution in [0.25, 0.3) is 11.0 Å². The molecule has 170 valence electrons. The number of fused-ring (bicyclic) bond motifs is 1. The fourth-order valence-corrected chi connectivity index (χ4v) is 4.32. The van der Waals surface area contributed by atoms with Crippen molar-refractivity contribution in [2.75, 3.05) is 44.5 Å². The van der Waals surface area contributed by atoms with Gasteiger partial charge in [-0.15, -0.1) is 0 Å². The number of nitrogens with zero attached hydrogens (tertiary/aromatic N) is 5. The number of hydrogen-bond acceptors (Lipinski definition) is 8. The van der Waals surface area contributed by atoms with Gasteiger partial charge in [0, 0.05) is 31.3 Å². The molecule has 1 amide bonds. The van der Waals surface area contributed by atoms with Crippen LogP contribution in [0.15, 0.2) is 29.6 Å². The zero-order chi connectivity index (χ0) is 22.5. The second-order valence-corrected chi connectivity index (χ2v) is 8.65. The highest BCUT2D eigenvalue weighted by atomic mass is 32.2. The van der Waals surface area contributed by atoms with E-state index in [1.807, 2.05) is 10.9 Å². The van der Waals surface area contributed by atoms with Gasteiger partial charge < -0.3 is 19.7 Å². The van der Waals surface area contributed by atoms with Crippen LogP contribution in [0.2, 0.25) is 0 Å². The number of hydrogen-bond donors (Lipinski definition) is 1. The number of rotatable bonds is 9. The first-order valence-electron chi connectivity index (χ1n) is 10.8. The summed E-state index contributed by atoms with van der Waals surface area (Å²) < 4.78 is 12.3. The first kappa shape index (κ1) is 22.2. The Morgan fingerprint density at radius 2 is 1.84 bits per heavy atom. The maximum absolute atomic E-state index is 12.7. The lowest BCUT2D eigenvalue weighted by Crippen LogP contribution is -2.27. The molecule has 1 aliphatic rings. The number of amides is 1. The maximum atomic E-state index is 12.7. The van der Waals surface area contributed by atoms with Gasteiger partial charge in [0.1, 0.15) is 17.3 Å². The second-order valence-electron chi connectivity index (χ2n) is 7.42. The van der Waals surface area contributed by atoms with Crippen LogP contribution in [-0.4, -0.2) is 65.3 Å². The predicted octanol–water partition coefficient (Wildman–Crippen LogP) is 2.99. The SMILES string of the molecule is CCSc1nc(N2CCCC2)c2cnn(CCNC(=O)c3cc(OC)cc(OC)c3)c2n1. The molecule has 0 unspecified atom stereocenters. The van der Waals surface area contributed by atoms with Crippen LogP contribution < -0.4 is 19.7 Å². The van der Waals surface area contributed by atoms with Crippen LogP contribution >= 0.6 is 11.8 Å². The van der Waals surface area contributed by atoms with Crippen molar-refractivity contribution in [2.24, 2.45) is 0 Å². The number of carbonyl (C=O) groups is 1. The molecule has 0 spiro atoms. The quantitative estimate of drug-likeness (QED) is 0.388. The highest BCUT2D eigenvalue weighted by molar-refractivity contribution is 7.99. The Balaban J connectivity index is 1.50. The molecule has 0 atom stereocenters. The number of nitrogens with one attached hydrogen (secondary N) is 1. The van der Waals surface area contributed by atoms with Crippen molar-refractivity contribution in [1.82, 2.24) is 25.1 Å². The molecule has 3 heterocycles. The Kier molecular flexibility index (Phi) is 6.99. The third kappa shape index (κ3) is 4.74. The van der Waals surface area contributed by atoms with E-state index in [9.17, 15) is 4.79 Å². The van der Waals surface area contributed by atoms with E-state index in [-0.39, 0.29) is 5.91 Å². The monoisotopic (exact) mass is 456 g/mol. The molecular formula is C22H28N6O3S. The summed E-state index contributed by atoms with van der Waals surface area (Å²) in [5.74, 6) is 2.80. The Hall–Kier alpha value is -3.01. The molecule has 1 aromatic carbocycles. The zero-order valence-electron chi connectivity index (χ0n) is 18.6. The first-order valence-corrected chi connectivity index (χ1v) is 11.7. The van der Waals surface area contributed by atoms with Gasteiger partial charge in [-0.25, -0.2) is 14.6 Å². The first-order chi connectivity index (χ1) is 15.6. The minimum absolute atomic E-state index is 0.201. The van der Waals surface area contributed by atoms with Crippen LogP contribution in [0, 0.1) is 0 Å². The van der Waals surface area contributed by atoms with E-state index in [0.717, 1.165) is 40.9 Å². The number of aromatic nitrogens is 4. The lowest BCUT2D eigenvalue weighted by molar-refractivity contribution is 0.0951. The van der Waals surface area contributed by atoms with Crippen molar-refractivity contribution < 1.29 is 14.3 Å². The summed E-state index contributed by atoms with van der Waals surface area (Å²) in [6.07, 6.45) is 4.19. The largest absolute Gasteiger partial charge is 0.497 e. The molecule has 1 aliphatic heterocycles. The predicted molar refractivity (Wildman–Crippen MR) is 125 cm³/mol. The lowest BCUT2D eigenvalue weighted by atomic mass is 10.2.